The van der Waals surface area contributed by atoms with E-state index in [-0.39, 0.29) is 29.2 Å². The lowest BCUT2D eigenvalue weighted by Gasteiger charge is -2.29. The summed E-state index contributed by atoms with van der Waals surface area (Å²) in [6.45, 7) is 7.04. The highest BCUT2D eigenvalue weighted by Gasteiger charge is 2.50. The average Bonchev–Trinajstić information content (AvgIpc) is 2.98. The van der Waals surface area contributed by atoms with Gasteiger partial charge in [-0.1, -0.05) is 6.07 Å². The molecule has 1 heterocycles. The van der Waals surface area contributed by atoms with E-state index in [0.717, 1.165) is 4.57 Å². The molecule has 3 rings (SSSR count). The van der Waals surface area contributed by atoms with Crippen LogP contribution in [0, 0.1) is 6.57 Å². The van der Waals surface area contributed by atoms with Gasteiger partial charge in [-0.3, -0.25) is 0 Å². The molecule has 1 unspecified atom stereocenters. The largest absolute Gasteiger partial charge is 0.508 e. The monoisotopic (exact) mass is 372 g/mol. The maximum absolute atomic E-state index is 13.8. The zero-order chi connectivity index (χ0) is 19.3. The third kappa shape index (κ3) is 2.80. The summed E-state index contributed by atoms with van der Waals surface area (Å²) in [6.07, 6.45) is -7.83. The van der Waals surface area contributed by atoms with Crippen LogP contribution < -0.4 is 4.74 Å². The molecule has 26 heavy (non-hydrogen) atoms. The van der Waals surface area contributed by atoms with Gasteiger partial charge in [0.1, 0.15) is 11.9 Å². The number of fused-ring (bicyclic) bond motifs is 1. The minimum Gasteiger partial charge on any atom is -0.508 e. The molecule has 0 spiro atoms. The van der Waals surface area contributed by atoms with Crippen LogP contribution in [0.3, 0.4) is 0 Å². The Morgan fingerprint density at radius 2 is 2.04 bits per heavy atom. The van der Waals surface area contributed by atoms with Gasteiger partial charge in [0, 0.05) is 29.6 Å². The molecule has 1 N–H and O–H groups in total. The van der Waals surface area contributed by atoms with Crippen LogP contribution in [-0.4, -0.2) is 22.7 Å². The lowest BCUT2D eigenvalue weighted by molar-refractivity contribution is -0.147. The maximum atomic E-state index is 13.8. The number of aliphatic hydroxyl groups excluding tert-OH is 1. The van der Waals surface area contributed by atoms with Gasteiger partial charge in [0.25, 0.3) is 5.92 Å². The first-order valence-electron chi connectivity index (χ1n) is 7.53. The van der Waals surface area contributed by atoms with E-state index in [1.165, 1.54) is 25.3 Å². The fraction of sp³-hybridized carbons (Fsp3) is 0.353. The summed E-state index contributed by atoms with van der Waals surface area (Å²) in [6, 6.07) is 4.12. The van der Waals surface area contributed by atoms with Crippen molar-refractivity contribution in [1.82, 2.24) is 4.57 Å². The van der Waals surface area contributed by atoms with Crippen LogP contribution in [0.5, 0.6) is 5.75 Å². The number of aromatic nitrogens is 1. The van der Waals surface area contributed by atoms with Gasteiger partial charge in [-0.05, 0) is 18.6 Å². The number of hydrogen-bond acceptors (Lipinski definition) is 2. The molecule has 1 atom stereocenters. The number of methoxy groups -OCH3 is 1. The summed E-state index contributed by atoms with van der Waals surface area (Å²) in [5, 5.41) is 9.85. The van der Waals surface area contributed by atoms with E-state index in [9.17, 15) is 27.1 Å². The molecule has 0 saturated heterocycles. The number of halogens is 5. The standard InChI is InChI=1S/C17H13F5N2O2/c1-23-11-4-3-9(7-13(11)26-2)24-8-10(17(20,21)22)14-12(24)5-6-16(18,19)15(14)25/h3-4,7-8,15,25H,5-6H2,2H3. The first-order chi connectivity index (χ1) is 12.1. The van der Waals surface area contributed by atoms with Gasteiger partial charge in [-0.15, -0.1) is 0 Å². The second-order valence-corrected chi connectivity index (χ2v) is 5.90. The summed E-state index contributed by atoms with van der Waals surface area (Å²) in [5.41, 5.74) is -1.75. The van der Waals surface area contributed by atoms with Crippen molar-refractivity contribution in [3.63, 3.8) is 0 Å². The summed E-state index contributed by atoms with van der Waals surface area (Å²) in [5.74, 6) is -3.49. The third-order valence-electron chi connectivity index (χ3n) is 4.39. The van der Waals surface area contributed by atoms with Crippen molar-refractivity contribution in [2.24, 2.45) is 0 Å². The predicted octanol–water partition coefficient (Wildman–Crippen LogP) is 4.67. The van der Waals surface area contributed by atoms with Gasteiger partial charge in [-0.25, -0.2) is 13.6 Å². The average molecular weight is 372 g/mol. The Labute approximate surface area is 145 Å². The Morgan fingerprint density at radius 3 is 2.62 bits per heavy atom. The van der Waals surface area contributed by atoms with Gasteiger partial charge >= 0.3 is 6.18 Å². The second kappa shape index (κ2) is 5.99. The normalized spacial score (nSPS) is 18.9. The maximum Gasteiger partial charge on any atom is 0.418 e. The van der Waals surface area contributed by atoms with Crippen LogP contribution in [0.1, 0.15) is 29.3 Å². The molecule has 1 aromatic heterocycles. The molecule has 9 heteroatoms. The summed E-state index contributed by atoms with van der Waals surface area (Å²) in [7, 11) is 1.31. The van der Waals surface area contributed by atoms with Gasteiger partial charge in [0.05, 0.1) is 19.2 Å². The van der Waals surface area contributed by atoms with Gasteiger partial charge < -0.3 is 14.4 Å². The Hall–Kier alpha value is -2.60. The minimum atomic E-state index is -4.90. The molecule has 0 radical (unpaired) electrons. The minimum absolute atomic E-state index is 0.0339. The van der Waals surface area contributed by atoms with Crippen molar-refractivity contribution in [2.75, 3.05) is 7.11 Å². The third-order valence-corrected chi connectivity index (χ3v) is 4.39. The molecule has 0 saturated carbocycles. The van der Waals surface area contributed by atoms with E-state index >= 15 is 0 Å². The zero-order valence-corrected chi connectivity index (χ0v) is 13.4. The van der Waals surface area contributed by atoms with E-state index in [1.807, 2.05) is 0 Å². The molecule has 2 aromatic rings. The molecule has 1 aliphatic rings. The molecule has 138 valence electrons. The van der Waals surface area contributed by atoms with E-state index in [4.69, 9.17) is 11.3 Å². The highest BCUT2D eigenvalue weighted by molar-refractivity contribution is 5.62. The van der Waals surface area contributed by atoms with Crippen LogP contribution in [-0.2, 0) is 12.6 Å². The summed E-state index contributed by atoms with van der Waals surface area (Å²) in [4.78, 5) is 3.24. The lowest BCUT2D eigenvalue weighted by Crippen LogP contribution is -2.33. The van der Waals surface area contributed by atoms with E-state index in [1.54, 1.807) is 0 Å². The van der Waals surface area contributed by atoms with E-state index in [0.29, 0.717) is 6.20 Å². The molecule has 1 aliphatic carbocycles. The predicted molar refractivity (Wildman–Crippen MR) is 81.8 cm³/mol. The molecule has 1 aromatic carbocycles. The van der Waals surface area contributed by atoms with Gasteiger partial charge in [-0.2, -0.15) is 13.2 Å². The number of benzene rings is 1. The highest BCUT2D eigenvalue weighted by Crippen LogP contribution is 2.48. The van der Waals surface area contributed by atoms with Gasteiger partial charge in [0.2, 0.25) is 5.69 Å². The van der Waals surface area contributed by atoms with Crippen molar-refractivity contribution < 1.29 is 31.8 Å². The molecule has 0 amide bonds. The van der Waals surface area contributed by atoms with E-state index in [2.05, 4.69) is 4.85 Å². The van der Waals surface area contributed by atoms with Crippen LogP contribution in [0.4, 0.5) is 27.6 Å². The van der Waals surface area contributed by atoms with Crippen LogP contribution in [0.15, 0.2) is 24.4 Å². The lowest BCUT2D eigenvalue weighted by atomic mass is 9.89. The first-order valence-corrected chi connectivity index (χ1v) is 7.53. The van der Waals surface area contributed by atoms with Crippen molar-refractivity contribution in [2.45, 2.75) is 31.0 Å². The van der Waals surface area contributed by atoms with Gasteiger partial charge in [0.15, 0.2) is 0 Å². The first kappa shape index (κ1) is 18.2. The number of alkyl halides is 5. The number of rotatable bonds is 2. The Morgan fingerprint density at radius 1 is 1.35 bits per heavy atom. The summed E-state index contributed by atoms with van der Waals surface area (Å²) < 4.78 is 73.8. The Balaban J connectivity index is 2.24. The van der Waals surface area contributed by atoms with Crippen molar-refractivity contribution >= 4 is 5.69 Å². The SMILES string of the molecule is [C-]#[N+]c1ccc(-n2cc(C(F)(F)F)c3c2CCC(F)(F)C3O)cc1OC. The Kier molecular flexibility index (Phi) is 4.19. The Bertz CT molecular complexity index is 896. The van der Waals surface area contributed by atoms with Crippen molar-refractivity contribution in [3.8, 4) is 11.4 Å². The number of nitrogens with zero attached hydrogens (tertiary/aromatic N) is 2. The highest BCUT2D eigenvalue weighted by atomic mass is 19.4. The summed E-state index contributed by atoms with van der Waals surface area (Å²) >= 11 is 0. The van der Waals surface area contributed by atoms with Crippen LogP contribution in [0.25, 0.3) is 10.5 Å². The fourth-order valence-corrected chi connectivity index (χ4v) is 3.12. The van der Waals surface area contributed by atoms with Crippen LogP contribution in [0.2, 0.25) is 0 Å². The number of ether oxygens (including phenoxy) is 1. The quantitative estimate of drug-likeness (QED) is 0.615. The van der Waals surface area contributed by atoms with Crippen LogP contribution >= 0.6 is 0 Å². The number of aliphatic hydroxyl groups is 1. The molecular weight excluding hydrogens is 359 g/mol. The van der Waals surface area contributed by atoms with Crippen molar-refractivity contribution in [3.05, 3.63) is 52.6 Å². The smallest absolute Gasteiger partial charge is 0.418 e. The van der Waals surface area contributed by atoms with E-state index < -0.39 is 35.8 Å². The second-order valence-electron chi connectivity index (χ2n) is 5.90. The topological polar surface area (TPSA) is 38.8 Å². The zero-order valence-electron chi connectivity index (χ0n) is 13.4. The molecular formula is C17H13F5N2O2. The molecule has 0 bridgehead atoms. The van der Waals surface area contributed by atoms with Crippen molar-refractivity contribution in [1.29, 1.82) is 0 Å². The molecule has 0 fully saturated rings. The fourth-order valence-electron chi connectivity index (χ4n) is 3.12. The molecule has 0 aliphatic heterocycles. The molecule has 4 nitrogen and oxygen atoms in total. The number of hydrogen-bond donors (Lipinski definition) is 1.